The Morgan fingerprint density at radius 1 is 1.05 bits per heavy atom. The summed E-state index contributed by atoms with van der Waals surface area (Å²) in [6.45, 7) is 1.49. The zero-order chi connectivity index (χ0) is 14.8. The lowest BCUT2D eigenvalue weighted by molar-refractivity contribution is -0.986. The van der Waals surface area contributed by atoms with Crippen LogP contribution in [-0.4, -0.2) is 21.9 Å². The second-order valence-electron chi connectivity index (χ2n) is 3.61. The highest BCUT2D eigenvalue weighted by molar-refractivity contribution is 5.38. The predicted octanol–water partition coefficient (Wildman–Crippen LogP) is 0.944. The molecule has 0 heterocycles. The molecule has 0 saturated carbocycles. The summed E-state index contributed by atoms with van der Waals surface area (Å²) in [5.41, 5.74) is -0.333. The fourth-order valence-electron chi connectivity index (χ4n) is 1.58. The van der Waals surface area contributed by atoms with Crippen LogP contribution in [0.2, 0.25) is 0 Å². The lowest BCUT2D eigenvalue weighted by Gasteiger charge is -2.12. The smallest absolute Gasteiger partial charge is 0.496 e. The molecule has 102 valence electrons. The Bertz CT molecular complexity index is 521. The van der Waals surface area contributed by atoms with Crippen LogP contribution in [-0.2, 0) is 5.79 Å². The van der Waals surface area contributed by atoms with E-state index >= 15 is 0 Å². The molecular formula is C9H9N3O7. The van der Waals surface area contributed by atoms with Gasteiger partial charge in [0.25, 0.3) is 0 Å². The van der Waals surface area contributed by atoms with Crippen molar-refractivity contribution in [3.05, 3.63) is 59.7 Å². The van der Waals surface area contributed by atoms with E-state index in [1.807, 2.05) is 0 Å². The molecule has 0 aliphatic carbocycles. The number of benzene rings is 1. The van der Waals surface area contributed by atoms with E-state index in [0.717, 1.165) is 13.2 Å². The summed E-state index contributed by atoms with van der Waals surface area (Å²) in [7, 11) is 1.11. The first-order chi connectivity index (χ1) is 8.78. The van der Waals surface area contributed by atoms with Crippen LogP contribution in [0.4, 0.5) is 0 Å². The summed E-state index contributed by atoms with van der Waals surface area (Å²) >= 11 is 0. The topological polar surface area (TPSA) is 139 Å². The maximum Gasteiger partial charge on any atom is 0.732 e. The van der Waals surface area contributed by atoms with Crippen molar-refractivity contribution in [2.45, 2.75) is 12.7 Å². The molecule has 0 aromatic heterocycles. The molecule has 1 aromatic rings. The normalized spacial score (nSPS) is 10.8. The number of rotatable bonds is 5. The number of hydrogen-bond donors (Lipinski definition) is 0. The van der Waals surface area contributed by atoms with Crippen molar-refractivity contribution in [3.8, 4) is 5.75 Å². The van der Waals surface area contributed by atoms with Gasteiger partial charge in [-0.3, -0.25) is 30.3 Å². The van der Waals surface area contributed by atoms with Crippen molar-refractivity contribution in [1.82, 2.24) is 0 Å². The highest BCUT2D eigenvalue weighted by atomic mass is 16.7. The summed E-state index contributed by atoms with van der Waals surface area (Å²) in [4.78, 5) is 28.2. The van der Waals surface area contributed by atoms with E-state index in [-0.39, 0.29) is 5.75 Å². The number of methoxy groups -OCH3 is 1. The van der Waals surface area contributed by atoms with Crippen molar-refractivity contribution in [2.24, 2.45) is 0 Å². The number of ether oxygens (including phenoxy) is 1. The molecule has 0 aliphatic rings. The molecule has 0 aliphatic heterocycles. The number of nitrogens with zero attached hydrogens (tertiary/aromatic N) is 3. The van der Waals surface area contributed by atoms with Crippen molar-refractivity contribution >= 4 is 0 Å². The van der Waals surface area contributed by atoms with Crippen LogP contribution in [0.15, 0.2) is 18.2 Å². The van der Waals surface area contributed by atoms with Gasteiger partial charge in [0.1, 0.15) is 5.75 Å². The van der Waals surface area contributed by atoms with E-state index < -0.39 is 26.1 Å². The SMILES string of the molecule is COc1ccc(C)cc1C([N+](=O)[O-])([N+](=O)[O-])[N+](=O)[O-]. The van der Waals surface area contributed by atoms with Crippen LogP contribution in [0.1, 0.15) is 11.1 Å². The van der Waals surface area contributed by atoms with Crippen molar-refractivity contribution in [2.75, 3.05) is 7.11 Å². The molecule has 0 bridgehead atoms. The predicted molar refractivity (Wildman–Crippen MR) is 60.4 cm³/mol. The molecule has 10 heteroatoms. The quantitative estimate of drug-likeness (QED) is 0.441. The Morgan fingerprint density at radius 2 is 1.53 bits per heavy atom. The summed E-state index contributed by atoms with van der Waals surface area (Å²) in [6, 6.07) is 3.66. The Kier molecular flexibility index (Phi) is 3.64. The van der Waals surface area contributed by atoms with Crippen molar-refractivity contribution in [1.29, 1.82) is 0 Å². The van der Waals surface area contributed by atoms with Gasteiger partial charge in [0.05, 0.1) is 7.11 Å². The Labute approximate surface area is 106 Å². The third-order valence-electron chi connectivity index (χ3n) is 2.48. The van der Waals surface area contributed by atoms with Crippen molar-refractivity contribution < 1.29 is 19.5 Å². The number of hydrogen-bond acceptors (Lipinski definition) is 7. The lowest BCUT2D eigenvalue weighted by Crippen LogP contribution is -2.50. The van der Waals surface area contributed by atoms with Gasteiger partial charge in [-0.2, -0.15) is 0 Å². The minimum absolute atomic E-state index is 0.296. The van der Waals surface area contributed by atoms with Gasteiger partial charge >= 0.3 is 5.79 Å². The molecule has 10 nitrogen and oxygen atoms in total. The standard InChI is InChI=1S/C9H9N3O7/c1-6-3-4-8(19-2)7(5-6)9(10(13)14,11(15)16)12(17)18/h3-5H,1-2H3. The minimum Gasteiger partial charge on any atom is -0.496 e. The van der Waals surface area contributed by atoms with Crippen LogP contribution < -0.4 is 4.74 Å². The summed E-state index contributed by atoms with van der Waals surface area (Å²) in [5.74, 6) is -3.98. The van der Waals surface area contributed by atoms with E-state index in [9.17, 15) is 30.3 Å². The van der Waals surface area contributed by atoms with E-state index in [4.69, 9.17) is 4.74 Å². The zero-order valence-corrected chi connectivity index (χ0v) is 9.93. The number of aryl methyl sites for hydroxylation is 1. The zero-order valence-electron chi connectivity index (χ0n) is 9.93. The van der Waals surface area contributed by atoms with Crippen LogP contribution >= 0.6 is 0 Å². The van der Waals surface area contributed by atoms with Gasteiger partial charge < -0.3 is 4.74 Å². The Morgan fingerprint density at radius 3 is 1.89 bits per heavy atom. The highest BCUT2D eigenvalue weighted by Gasteiger charge is 2.74. The molecule has 0 spiro atoms. The fraction of sp³-hybridized carbons (Fsp3) is 0.333. The maximum atomic E-state index is 11.0. The second-order valence-corrected chi connectivity index (χ2v) is 3.61. The minimum atomic E-state index is -3.68. The third-order valence-corrected chi connectivity index (χ3v) is 2.48. The van der Waals surface area contributed by atoms with Crippen LogP contribution in [0, 0.1) is 37.3 Å². The molecule has 19 heavy (non-hydrogen) atoms. The summed E-state index contributed by atoms with van der Waals surface area (Å²) < 4.78 is 4.74. The number of nitro groups is 3. The molecule has 0 atom stereocenters. The molecule has 1 aromatic carbocycles. The largest absolute Gasteiger partial charge is 0.732 e. The first-order valence-electron chi connectivity index (χ1n) is 4.87. The summed E-state index contributed by atoms with van der Waals surface area (Å²) in [5, 5.41) is 32.9. The van der Waals surface area contributed by atoms with Gasteiger partial charge in [0.2, 0.25) is 5.56 Å². The van der Waals surface area contributed by atoms with Crippen LogP contribution in [0.3, 0.4) is 0 Å². The third kappa shape index (κ3) is 2.03. The van der Waals surface area contributed by atoms with Crippen molar-refractivity contribution in [3.63, 3.8) is 0 Å². The Hall–Kier alpha value is -2.78. The van der Waals surface area contributed by atoms with Gasteiger partial charge in [0, 0.05) is 0 Å². The first kappa shape index (κ1) is 14.3. The fourth-order valence-corrected chi connectivity index (χ4v) is 1.58. The van der Waals surface area contributed by atoms with E-state index in [1.54, 1.807) is 0 Å². The van der Waals surface area contributed by atoms with E-state index in [1.165, 1.54) is 19.1 Å². The average molecular weight is 271 g/mol. The monoisotopic (exact) mass is 271 g/mol. The average Bonchev–Trinajstić information content (AvgIpc) is 2.28. The summed E-state index contributed by atoms with van der Waals surface area (Å²) in [6.07, 6.45) is 0. The highest BCUT2D eigenvalue weighted by Crippen LogP contribution is 2.34. The van der Waals surface area contributed by atoms with Crippen LogP contribution in [0.5, 0.6) is 5.75 Å². The van der Waals surface area contributed by atoms with Gasteiger partial charge in [-0.15, -0.1) is 0 Å². The molecule has 1 rings (SSSR count). The van der Waals surface area contributed by atoms with Gasteiger partial charge in [-0.25, -0.2) is 0 Å². The van der Waals surface area contributed by atoms with Gasteiger partial charge in [0.15, 0.2) is 14.8 Å². The molecule has 0 saturated heterocycles. The molecule has 0 amide bonds. The van der Waals surface area contributed by atoms with Gasteiger partial charge in [-0.1, -0.05) is 6.07 Å². The van der Waals surface area contributed by atoms with E-state index in [2.05, 4.69) is 0 Å². The lowest BCUT2D eigenvalue weighted by atomic mass is 10.0. The second kappa shape index (κ2) is 4.84. The first-order valence-corrected chi connectivity index (χ1v) is 4.87. The Balaban J connectivity index is 3.76. The molecular weight excluding hydrogens is 262 g/mol. The molecule has 0 radical (unpaired) electrons. The molecule has 0 fully saturated rings. The van der Waals surface area contributed by atoms with Gasteiger partial charge in [-0.05, 0) is 24.6 Å². The molecule has 0 unspecified atom stereocenters. The van der Waals surface area contributed by atoms with Crippen LogP contribution in [0.25, 0.3) is 0 Å². The molecule has 0 N–H and O–H groups in total. The maximum absolute atomic E-state index is 11.0. The van der Waals surface area contributed by atoms with E-state index in [0.29, 0.717) is 5.56 Å².